The highest BCUT2D eigenvalue weighted by atomic mass is 35.5. The third kappa shape index (κ3) is 5.63. The molecular weight excluding hydrogens is 486 g/mol. The summed E-state index contributed by atoms with van der Waals surface area (Å²) in [6.07, 6.45) is -8.00. The number of nitrogens with zero attached hydrogens (tertiary/aromatic N) is 3. The zero-order valence-corrected chi connectivity index (χ0v) is 19.8. The number of nitrogens with one attached hydrogen (secondary N) is 1. The van der Waals surface area contributed by atoms with E-state index in [4.69, 9.17) is 16.4 Å². The second-order valence-corrected chi connectivity index (χ2v) is 8.37. The quantitative estimate of drug-likeness (QED) is 0.441. The third-order valence-electron chi connectivity index (χ3n) is 5.74. The molecule has 2 aromatic rings. The van der Waals surface area contributed by atoms with Crippen LogP contribution in [-0.4, -0.2) is 42.6 Å². The first kappa shape index (κ1) is 27.8. The van der Waals surface area contributed by atoms with E-state index in [1.165, 1.54) is 26.1 Å². The van der Waals surface area contributed by atoms with Crippen LogP contribution < -0.4 is 10.2 Å². The van der Waals surface area contributed by atoms with Crippen molar-refractivity contribution in [1.82, 2.24) is 15.3 Å². The van der Waals surface area contributed by atoms with Crippen LogP contribution in [0.3, 0.4) is 0 Å². The van der Waals surface area contributed by atoms with Crippen LogP contribution >= 0.6 is 11.6 Å². The lowest BCUT2D eigenvalue weighted by molar-refractivity contribution is -0.184. The molecule has 1 aliphatic rings. The predicted octanol–water partition coefficient (Wildman–Crippen LogP) is 5.40. The molecule has 5 nitrogen and oxygen atoms in total. The molecule has 34 heavy (non-hydrogen) atoms. The minimum Gasteiger partial charge on any atom is -0.340 e. The Balaban J connectivity index is 0.00000129. The number of aryl methyl sites for hydroxylation is 1. The van der Waals surface area contributed by atoms with Crippen molar-refractivity contribution in [2.24, 2.45) is 0 Å². The molecule has 1 N–H and O–H groups in total. The maximum absolute atomic E-state index is 14.3. The Bertz CT molecular complexity index is 1000. The van der Waals surface area contributed by atoms with Crippen molar-refractivity contribution in [1.29, 1.82) is 0 Å². The second kappa shape index (κ2) is 10.5. The molecule has 2 heterocycles. The Kier molecular flexibility index (Phi) is 8.57. The van der Waals surface area contributed by atoms with Crippen LogP contribution in [0.4, 0.5) is 32.3 Å². The number of carbonyl (C=O) groups is 1. The molecule has 1 fully saturated rings. The van der Waals surface area contributed by atoms with Gasteiger partial charge in [0.25, 0.3) is 0 Å². The lowest BCUT2D eigenvalue weighted by Crippen LogP contribution is -2.45. The number of carbonyl (C=O) groups excluding carboxylic acids is 1. The molecule has 0 radical (unpaired) electrons. The fraction of sp³-hybridized carbons (Fsp3) is 0.500. The van der Waals surface area contributed by atoms with Gasteiger partial charge in [0.1, 0.15) is 11.7 Å². The van der Waals surface area contributed by atoms with Gasteiger partial charge in [0.2, 0.25) is 5.95 Å². The number of rotatable bonds is 4. The summed E-state index contributed by atoms with van der Waals surface area (Å²) in [6, 6.07) is 2.73. The minimum atomic E-state index is -4.76. The number of aldehydes is 1. The number of hydrogen-bond donors (Lipinski definition) is 1. The first-order valence-corrected chi connectivity index (χ1v) is 10.7. The second-order valence-electron chi connectivity index (χ2n) is 7.96. The van der Waals surface area contributed by atoms with Crippen molar-refractivity contribution in [3.05, 3.63) is 51.3 Å². The Labute approximate surface area is 198 Å². The van der Waals surface area contributed by atoms with Crippen LogP contribution in [0.1, 0.15) is 41.3 Å². The van der Waals surface area contributed by atoms with Crippen molar-refractivity contribution < 1.29 is 31.1 Å². The van der Waals surface area contributed by atoms with E-state index >= 15 is 0 Å². The normalized spacial score (nSPS) is 18.5. The molecule has 0 aliphatic carbocycles. The number of halogens is 7. The lowest BCUT2D eigenvalue weighted by atomic mass is 9.78. The Morgan fingerprint density at radius 3 is 2.32 bits per heavy atom. The molecule has 1 aromatic carbocycles. The fourth-order valence-electron chi connectivity index (χ4n) is 3.82. The van der Waals surface area contributed by atoms with Gasteiger partial charge >= 0.3 is 12.4 Å². The van der Waals surface area contributed by atoms with Gasteiger partial charge in [0.15, 0.2) is 5.69 Å². The summed E-state index contributed by atoms with van der Waals surface area (Å²) in [5, 5.41) is 2.81. The van der Waals surface area contributed by atoms with E-state index in [0.717, 1.165) is 17.4 Å². The molecule has 3 rings (SSSR count). The van der Waals surface area contributed by atoms with Gasteiger partial charge in [-0.05, 0) is 57.0 Å². The number of hydrogen-bond acceptors (Lipinski definition) is 5. The van der Waals surface area contributed by atoms with E-state index in [2.05, 4.69) is 15.3 Å². The summed E-state index contributed by atoms with van der Waals surface area (Å²) in [4.78, 5) is 17.5. The standard InChI is InChI=1S/C20H21ClF6N4.C2H4O/c1-11-6-14(7-15(21)12(11)2)18(20(25,26)27)4-5-31(10-18)17-29-9-13(8-28-3)16(30-17)19(22,23)24;1-2-3/h6-7,9,28H,4-5,8,10H2,1-3H3;2H,1H3. The van der Waals surface area contributed by atoms with Crippen LogP contribution in [0.2, 0.25) is 5.02 Å². The van der Waals surface area contributed by atoms with Crippen molar-refractivity contribution in [2.45, 2.75) is 51.5 Å². The van der Waals surface area contributed by atoms with Gasteiger partial charge in [-0.1, -0.05) is 17.7 Å². The van der Waals surface area contributed by atoms with Crippen molar-refractivity contribution in [3.8, 4) is 0 Å². The molecule has 0 saturated carbocycles. The largest absolute Gasteiger partial charge is 0.433 e. The smallest absolute Gasteiger partial charge is 0.340 e. The van der Waals surface area contributed by atoms with Gasteiger partial charge < -0.3 is 15.0 Å². The first-order chi connectivity index (χ1) is 15.7. The molecular formula is C22H25ClF6N4O. The molecule has 0 spiro atoms. The summed E-state index contributed by atoms with van der Waals surface area (Å²) in [6.45, 7) is 3.95. The fourth-order valence-corrected chi connectivity index (χ4v) is 4.09. The SMILES string of the molecule is CC=O.CNCc1cnc(N2CCC(c3cc(C)c(C)c(Cl)c3)(C(F)(F)F)C2)nc1C(F)(F)F. The maximum atomic E-state index is 14.3. The Morgan fingerprint density at radius 1 is 1.21 bits per heavy atom. The van der Waals surface area contributed by atoms with Crippen LogP contribution in [0, 0.1) is 13.8 Å². The van der Waals surface area contributed by atoms with E-state index in [0.29, 0.717) is 11.1 Å². The summed E-state index contributed by atoms with van der Waals surface area (Å²) >= 11 is 6.14. The van der Waals surface area contributed by atoms with E-state index in [9.17, 15) is 26.3 Å². The number of benzene rings is 1. The Morgan fingerprint density at radius 2 is 1.82 bits per heavy atom. The van der Waals surface area contributed by atoms with E-state index in [-0.39, 0.29) is 41.6 Å². The average molecular weight is 511 g/mol. The topological polar surface area (TPSA) is 58.1 Å². The first-order valence-electron chi connectivity index (χ1n) is 10.3. The molecule has 12 heteroatoms. The number of alkyl halides is 6. The average Bonchev–Trinajstić information content (AvgIpc) is 3.19. The zero-order chi connectivity index (χ0) is 25.9. The number of aromatic nitrogens is 2. The monoisotopic (exact) mass is 510 g/mol. The van der Waals surface area contributed by atoms with Gasteiger partial charge in [-0.3, -0.25) is 0 Å². The summed E-state index contributed by atoms with van der Waals surface area (Å²) in [5.74, 6) is -0.381. The van der Waals surface area contributed by atoms with E-state index in [1.54, 1.807) is 13.8 Å². The molecule has 0 amide bonds. The van der Waals surface area contributed by atoms with E-state index in [1.807, 2.05) is 0 Å². The van der Waals surface area contributed by atoms with Gasteiger partial charge in [-0.15, -0.1) is 0 Å². The van der Waals surface area contributed by atoms with Gasteiger partial charge in [-0.2, -0.15) is 26.3 Å². The molecule has 1 atom stereocenters. The van der Waals surface area contributed by atoms with Crippen molar-refractivity contribution >= 4 is 23.8 Å². The van der Waals surface area contributed by atoms with Gasteiger partial charge in [0, 0.05) is 36.4 Å². The molecule has 1 aliphatic heterocycles. The highest BCUT2D eigenvalue weighted by Crippen LogP contribution is 2.49. The molecule has 188 valence electrons. The molecule has 1 saturated heterocycles. The summed E-state index contributed by atoms with van der Waals surface area (Å²) in [7, 11) is 1.47. The number of anilines is 1. The third-order valence-corrected chi connectivity index (χ3v) is 6.13. The van der Waals surface area contributed by atoms with E-state index < -0.39 is 30.0 Å². The molecule has 1 unspecified atom stereocenters. The maximum Gasteiger partial charge on any atom is 0.433 e. The zero-order valence-electron chi connectivity index (χ0n) is 19.0. The lowest BCUT2D eigenvalue weighted by Gasteiger charge is -2.33. The van der Waals surface area contributed by atoms with Crippen LogP contribution in [-0.2, 0) is 22.9 Å². The summed E-state index contributed by atoms with van der Waals surface area (Å²) < 4.78 is 83.2. The van der Waals surface area contributed by atoms with Crippen LogP contribution in [0.15, 0.2) is 18.3 Å². The minimum absolute atomic E-state index is 0.0153. The van der Waals surface area contributed by atoms with Gasteiger partial charge in [0.05, 0.1) is 0 Å². The Hall–Kier alpha value is -2.40. The molecule has 0 bridgehead atoms. The van der Waals surface area contributed by atoms with Gasteiger partial charge in [-0.25, -0.2) is 9.97 Å². The van der Waals surface area contributed by atoms with Crippen molar-refractivity contribution in [2.75, 3.05) is 25.0 Å². The highest BCUT2D eigenvalue weighted by Gasteiger charge is 2.59. The van der Waals surface area contributed by atoms with Crippen molar-refractivity contribution in [3.63, 3.8) is 0 Å². The van der Waals surface area contributed by atoms with Crippen LogP contribution in [0.25, 0.3) is 0 Å². The van der Waals surface area contributed by atoms with Crippen LogP contribution in [0.5, 0.6) is 0 Å². The summed E-state index contributed by atoms with van der Waals surface area (Å²) in [5.41, 5.74) is -2.36. The highest BCUT2D eigenvalue weighted by molar-refractivity contribution is 6.31. The predicted molar refractivity (Wildman–Crippen MR) is 117 cm³/mol. The molecule has 1 aromatic heterocycles.